The van der Waals surface area contributed by atoms with Gasteiger partial charge in [-0.3, -0.25) is 9.89 Å². The molecule has 0 aromatic carbocycles. The first-order valence-electron chi connectivity index (χ1n) is 4.14. The first-order chi connectivity index (χ1) is 5.36. The molecule has 1 aromatic heterocycles. The summed E-state index contributed by atoms with van der Waals surface area (Å²) in [6, 6.07) is 1.68. The van der Waals surface area contributed by atoms with Crippen molar-refractivity contribution in [3.8, 4) is 0 Å². The summed E-state index contributed by atoms with van der Waals surface area (Å²) in [5.74, 6) is 0.606. The van der Waals surface area contributed by atoms with Crippen LogP contribution in [0.2, 0.25) is 0 Å². The zero-order valence-corrected chi connectivity index (χ0v) is 6.39. The van der Waals surface area contributed by atoms with Crippen molar-refractivity contribution in [3.63, 3.8) is 0 Å². The molecule has 60 valence electrons. The van der Waals surface area contributed by atoms with Crippen LogP contribution in [0.3, 0.4) is 0 Å². The van der Waals surface area contributed by atoms with Gasteiger partial charge in [-0.2, -0.15) is 0 Å². The molecule has 0 atom stereocenters. The zero-order chi connectivity index (χ0) is 7.68. The maximum absolute atomic E-state index is 10.8. The van der Waals surface area contributed by atoms with Crippen LogP contribution in [0.4, 0.5) is 0 Å². The minimum Gasteiger partial charge on any atom is -0.302 e. The average molecular weight is 152 g/mol. The summed E-state index contributed by atoms with van der Waals surface area (Å²) in [6.07, 6.45) is 5.07. The molecule has 2 rings (SSSR count). The molecule has 1 heterocycles. The Hall–Kier alpha value is -0.990. The largest absolute Gasteiger partial charge is 0.302 e. The van der Waals surface area contributed by atoms with Crippen molar-refractivity contribution in [1.82, 2.24) is 10.2 Å². The van der Waals surface area contributed by atoms with Gasteiger partial charge in [-0.1, -0.05) is 12.8 Å². The predicted molar refractivity (Wildman–Crippen MR) is 42.6 cm³/mol. The molecule has 0 amide bonds. The van der Waals surface area contributed by atoms with Crippen molar-refractivity contribution >= 4 is 0 Å². The first kappa shape index (κ1) is 6.70. The topological polar surface area (TPSA) is 48.6 Å². The van der Waals surface area contributed by atoms with Crippen molar-refractivity contribution in [2.24, 2.45) is 0 Å². The highest BCUT2D eigenvalue weighted by atomic mass is 16.1. The lowest BCUT2D eigenvalue weighted by molar-refractivity contribution is 0.693. The normalized spacial score (nSPS) is 19.3. The van der Waals surface area contributed by atoms with E-state index in [2.05, 4.69) is 10.2 Å². The number of H-pyrrole nitrogens is 2. The standard InChI is InChI=1S/C8H12N2O/c11-8-5-7(9-10-8)6-3-1-2-4-6/h5-6H,1-4H2,(H2,9,10,11). The van der Waals surface area contributed by atoms with E-state index in [1.54, 1.807) is 6.07 Å². The molecule has 3 heteroatoms. The van der Waals surface area contributed by atoms with Gasteiger partial charge >= 0.3 is 0 Å². The van der Waals surface area contributed by atoms with E-state index < -0.39 is 0 Å². The van der Waals surface area contributed by atoms with Crippen molar-refractivity contribution in [2.45, 2.75) is 31.6 Å². The summed E-state index contributed by atoms with van der Waals surface area (Å²) < 4.78 is 0. The van der Waals surface area contributed by atoms with Crippen LogP contribution in [-0.2, 0) is 0 Å². The van der Waals surface area contributed by atoms with Gasteiger partial charge < -0.3 is 5.10 Å². The zero-order valence-electron chi connectivity index (χ0n) is 6.39. The number of hydrogen-bond donors (Lipinski definition) is 2. The van der Waals surface area contributed by atoms with Crippen molar-refractivity contribution in [1.29, 1.82) is 0 Å². The van der Waals surface area contributed by atoms with E-state index in [1.165, 1.54) is 25.7 Å². The van der Waals surface area contributed by atoms with Gasteiger partial charge in [0.25, 0.3) is 5.56 Å². The number of hydrogen-bond acceptors (Lipinski definition) is 1. The second kappa shape index (κ2) is 2.57. The fraction of sp³-hybridized carbons (Fsp3) is 0.625. The van der Waals surface area contributed by atoms with E-state index in [0.29, 0.717) is 5.92 Å². The second-order valence-corrected chi connectivity index (χ2v) is 3.20. The van der Waals surface area contributed by atoms with Gasteiger partial charge in [-0.05, 0) is 12.8 Å². The maximum Gasteiger partial charge on any atom is 0.264 e. The third-order valence-corrected chi connectivity index (χ3v) is 2.41. The molecule has 0 unspecified atom stereocenters. The smallest absolute Gasteiger partial charge is 0.264 e. The summed E-state index contributed by atoms with van der Waals surface area (Å²) in [6.45, 7) is 0. The van der Waals surface area contributed by atoms with E-state index in [0.717, 1.165) is 5.69 Å². The molecule has 1 aromatic rings. The fourth-order valence-electron chi connectivity index (χ4n) is 1.80. The van der Waals surface area contributed by atoms with Gasteiger partial charge in [0, 0.05) is 17.7 Å². The Morgan fingerprint density at radius 1 is 1.27 bits per heavy atom. The van der Waals surface area contributed by atoms with Gasteiger partial charge in [0.2, 0.25) is 0 Å². The lowest BCUT2D eigenvalue weighted by Crippen LogP contribution is -1.94. The summed E-state index contributed by atoms with van der Waals surface area (Å²) >= 11 is 0. The van der Waals surface area contributed by atoms with Gasteiger partial charge in [-0.25, -0.2) is 0 Å². The first-order valence-corrected chi connectivity index (χ1v) is 4.14. The van der Waals surface area contributed by atoms with Crippen LogP contribution in [0.1, 0.15) is 37.3 Å². The van der Waals surface area contributed by atoms with Crippen molar-refractivity contribution in [3.05, 3.63) is 22.1 Å². The SMILES string of the molecule is O=c1cc(C2CCCC2)[nH][nH]1. The van der Waals surface area contributed by atoms with Crippen LogP contribution in [-0.4, -0.2) is 10.2 Å². The Kier molecular flexibility index (Phi) is 1.56. The van der Waals surface area contributed by atoms with E-state index in [9.17, 15) is 4.79 Å². The second-order valence-electron chi connectivity index (χ2n) is 3.20. The van der Waals surface area contributed by atoms with Crippen LogP contribution >= 0.6 is 0 Å². The van der Waals surface area contributed by atoms with E-state index in [-0.39, 0.29) is 5.56 Å². The Labute approximate surface area is 64.8 Å². The molecule has 3 nitrogen and oxygen atoms in total. The quantitative estimate of drug-likeness (QED) is 0.627. The summed E-state index contributed by atoms with van der Waals surface area (Å²) in [4.78, 5) is 10.8. The molecule has 1 saturated carbocycles. The van der Waals surface area contributed by atoms with E-state index in [4.69, 9.17) is 0 Å². The van der Waals surface area contributed by atoms with E-state index >= 15 is 0 Å². The lowest BCUT2D eigenvalue weighted by atomic mass is 10.1. The summed E-state index contributed by atoms with van der Waals surface area (Å²) in [7, 11) is 0. The highest BCUT2D eigenvalue weighted by Crippen LogP contribution is 2.31. The van der Waals surface area contributed by atoms with Crippen LogP contribution in [0.25, 0.3) is 0 Å². The molecule has 2 N–H and O–H groups in total. The van der Waals surface area contributed by atoms with Gasteiger partial charge in [0.15, 0.2) is 0 Å². The lowest BCUT2D eigenvalue weighted by Gasteiger charge is -2.02. The molecule has 1 fully saturated rings. The minimum atomic E-state index is -0.00750. The molecule has 1 aliphatic rings. The highest BCUT2D eigenvalue weighted by molar-refractivity contribution is 5.07. The third-order valence-electron chi connectivity index (χ3n) is 2.41. The molecule has 0 aliphatic heterocycles. The van der Waals surface area contributed by atoms with Crippen molar-refractivity contribution < 1.29 is 0 Å². The molecule has 11 heavy (non-hydrogen) atoms. The van der Waals surface area contributed by atoms with Gasteiger partial charge in [0.1, 0.15) is 0 Å². The molecule has 0 spiro atoms. The highest BCUT2D eigenvalue weighted by Gasteiger charge is 2.17. The Balaban J connectivity index is 2.21. The Morgan fingerprint density at radius 2 is 2.00 bits per heavy atom. The van der Waals surface area contributed by atoms with Gasteiger partial charge in [-0.15, -0.1) is 0 Å². The fourth-order valence-corrected chi connectivity index (χ4v) is 1.80. The predicted octanol–water partition coefficient (Wildman–Crippen LogP) is 1.36. The maximum atomic E-state index is 10.8. The molecule has 0 saturated heterocycles. The molecule has 0 bridgehead atoms. The minimum absolute atomic E-state index is 0.00750. The van der Waals surface area contributed by atoms with Crippen LogP contribution in [0, 0.1) is 0 Å². The Morgan fingerprint density at radius 3 is 2.55 bits per heavy atom. The average Bonchev–Trinajstić information content (AvgIpc) is 2.55. The molecule has 1 aliphatic carbocycles. The van der Waals surface area contributed by atoms with Crippen molar-refractivity contribution in [2.75, 3.05) is 0 Å². The molecular formula is C8H12N2O. The number of aromatic nitrogens is 2. The molecular weight excluding hydrogens is 140 g/mol. The van der Waals surface area contributed by atoms with Crippen LogP contribution in [0.15, 0.2) is 10.9 Å². The third kappa shape index (κ3) is 1.23. The van der Waals surface area contributed by atoms with E-state index in [1.807, 2.05) is 0 Å². The number of rotatable bonds is 1. The monoisotopic (exact) mass is 152 g/mol. The number of nitrogens with one attached hydrogen (secondary N) is 2. The molecule has 0 radical (unpaired) electrons. The van der Waals surface area contributed by atoms with Crippen LogP contribution < -0.4 is 5.56 Å². The Bertz CT molecular complexity index is 280. The summed E-state index contributed by atoms with van der Waals surface area (Å²) in [5.41, 5.74) is 1.08. The van der Waals surface area contributed by atoms with Gasteiger partial charge in [0.05, 0.1) is 0 Å². The van der Waals surface area contributed by atoms with Crippen LogP contribution in [0.5, 0.6) is 0 Å². The summed E-state index contributed by atoms with van der Waals surface area (Å²) in [5, 5.41) is 5.47. The number of aromatic amines is 2.